The van der Waals surface area contributed by atoms with Crippen molar-refractivity contribution in [1.82, 2.24) is 14.5 Å². The van der Waals surface area contributed by atoms with Crippen molar-refractivity contribution in [2.75, 3.05) is 0 Å². The highest BCUT2D eigenvalue weighted by Gasteiger charge is 2.56. The van der Waals surface area contributed by atoms with Gasteiger partial charge in [-0.2, -0.15) is 0 Å². The summed E-state index contributed by atoms with van der Waals surface area (Å²) in [6, 6.07) is 82.4. The Morgan fingerprint density at radius 1 is 0.329 bits per heavy atom. The summed E-state index contributed by atoms with van der Waals surface area (Å²) in [6.45, 7) is 0. The van der Waals surface area contributed by atoms with Crippen molar-refractivity contribution in [2.45, 2.75) is 10.8 Å². The lowest BCUT2D eigenvalue weighted by Gasteiger charge is -2.40. The van der Waals surface area contributed by atoms with Crippen LogP contribution in [0.5, 0.6) is 11.5 Å². The zero-order valence-electron chi connectivity index (χ0n) is 37.8. The first kappa shape index (κ1) is 37.9. The van der Waals surface area contributed by atoms with Crippen LogP contribution in [0.15, 0.2) is 237 Å². The van der Waals surface area contributed by atoms with Crippen LogP contribution < -0.4 is 4.74 Å². The maximum absolute atomic E-state index is 7.26. The Hall–Kier alpha value is -9.12. The summed E-state index contributed by atoms with van der Waals surface area (Å²) < 4.78 is 9.68. The van der Waals surface area contributed by atoms with Gasteiger partial charge in [-0.1, -0.05) is 164 Å². The van der Waals surface area contributed by atoms with E-state index in [4.69, 9.17) is 14.7 Å². The molecule has 9 aromatic carbocycles. The second-order valence-corrected chi connectivity index (χ2v) is 19.2. The average Bonchev–Trinajstić information content (AvgIpc) is 4.12. The van der Waals surface area contributed by atoms with Crippen molar-refractivity contribution >= 4 is 21.8 Å². The molecule has 0 fully saturated rings. The number of para-hydroxylation sites is 3. The Kier molecular flexibility index (Phi) is 7.45. The summed E-state index contributed by atoms with van der Waals surface area (Å²) in [5.41, 5.74) is 22.8. The molecule has 0 saturated heterocycles. The highest BCUT2D eigenvalue weighted by Crippen LogP contribution is 2.67. The summed E-state index contributed by atoms with van der Waals surface area (Å²) in [4.78, 5) is 10.6. The van der Waals surface area contributed by atoms with Gasteiger partial charge in [-0.15, -0.1) is 0 Å². The van der Waals surface area contributed by atoms with Crippen molar-refractivity contribution in [3.8, 4) is 73.1 Å². The van der Waals surface area contributed by atoms with Crippen molar-refractivity contribution in [1.29, 1.82) is 0 Å². The quantitative estimate of drug-likeness (QED) is 0.177. The van der Waals surface area contributed by atoms with Crippen LogP contribution in [0.25, 0.3) is 83.4 Å². The number of nitrogens with zero attached hydrogens (tertiary/aromatic N) is 3. The van der Waals surface area contributed by atoms with Gasteiger partial charge in [0.1, 0.15) is 11.5 Å². The third-order valence-electron chi connectivity index (χ3n) is 15.9. The molecular weight excluding hydrogens is 851 g/mol. The Morgan fingerprint density at radius 3 is 1.57 bits per heavy atom. The van der Waals surface area contributed by atoms with Gasteiger partial charge < -0.3 is 9.30 Å². The fourth-order valence-corrected chi connectivity index (χ4v) is 13.2. The molecule has 324 valence electrons. The fraction of sp³-hybridized carbons (Fsp3) is 0.0303. The minimum atomic E-state index is -0.802. The van der Waals surface area contributed by atoms with Gasteiger partial charge in [0.05, 0.1) is 33.3 Å². The monoisotopic (exact) mass is 889 g/mol. The summed E-state index contributed by atoms with van der Waals surface area (Å²) in [6.07, 6.45) is 3.96. The van der Waals surface area contributed by atoms with E-state index in [1.807, 2.05) is 6.20 Å². The minimum Gasteiger partial charge on any atom is -0.457 e. The van der Waals surface area contributed by atoms with E-state index >= 15 is 0 Å². The van der Waals surface area contributed by atoms with Crippen LogP contribution in [0.4, 0.5) is 0 Å². The predicted octanol–water partition coefficient (Wildman–Crippen LogP) is 15.7. The second-order valence-electron chi connectivity index (χ2n) is 19.2. The Labute approximate surface area is 404 Å². The first-order chi connectivity index (χ1) is 34.7. The molecule has 0 saturated carbocycles. The van der Waals surface area contributed by atoms with Gasteiger partial charge in [-0.05, 0) is 127 Å². The number of hydrogen-bond donors (Lipinski definition) is 0. The van der Waals surface area contributed by atoms with Crippen molar-refractivity contribution in [3.05, 3.63) is 281 Å². The summed E-state index contributed by atoms with van der Waals surface area (Å²) in [5, 5.41) is 2.46. The van der Waals surface area contributed by atoms with Crippen molar-refractivity contribution in [3.63, 3.8) is 0 Å². The normalized spacial score (nSPS) is 15.7. The van der Waals surface area contributed by atoms with E-state index in [9.17, 15) is 0 Å². The number of fused-ring (bicyclic) bond motifs is 22. The molecule has 0 amide bonds. The SMILES string of the molecule is c1ccc(-c2cc(-c3cnc4c(c3)C3(c5ccccc5Oc5cc6c(cc53)-c3ccccc3C63c5ccccc5-c5ccccc53)c3cccnc3-4)cc(-n3c4ccccc4c4ccccc43)c2)cc1. The smallest absolute Gasteiger partial charge is 0.132 e. The summed E-state index contributed by atoms with van der Waals surface area (Å²) >= 11 is 0. The molecule has 2 spiro atoms. The van der Waals surface area contributed by atoms with E-state index in [0.717, 1.165) is 73.1 Å². The summed E-state index contributed by atoms with van der Waals surface area (Å²) in [7, 11) is 0. The maximum Gasteiger partial charge on any atom is 0.132 e. The van der Waals surface area contributed by atoms with Crippen LogP contribution in [-0.2, 0) is 10.8 Å². The molecule has 0 bridgehead atoms. The lowest BCUT2D eigenvalue weighted by molar-refractivity contribution is 0.435. The number of benzene rings is 9. The first-order valence-corrected chi connectivity index (χ1v) is 24.1. The predicted molar refractivity (Wildman–Crippen MR) is 281 cm³/mol. The number of ether oxygens (including phenoxy) is 1. The number of rotatable bonds is 3. The Morgan fingerprint density at radius 2 is 0.871 bits per heavy atom. The molecule has 12 aromatic rings. The van der Waals surface area contributed by atoms with Crippen LogP contribution in [0.2, 0.25) is 0 Å². The zero-order valence-corrected chi connectivity index (χ0v) is 37.8. The molecule has 4 aliphatic rings. The molecule has 3 aliphatic carbocycles. The van der Waals surface area contributed by atoms with Crippen LogP contribution in [0.3, 0.4) is 0 Å². The molecule has 1 aliphatic heterocycles. The van der Waals surface area contributed by atoms with E-state index in [1.165, 1.54) is 66.3 Å². The lowest BCUT2D eigenvalue weighted by atomic mass is 9.65. The second kappa shape index (κ2) is 13.7. The van der Waals surface area contributed by atoms with Gasteiger partial charge in [0.25, 0.3) is 0 Å². The van der Waals surface area contributed by atoms with E-state index in [1.54, 1.807) is 0 Å². The number of pyridine rings is 2. The molecule has 70 heavy (non-hydrogen) atoms. The average molecular weight is 890 g/mol. The van der Waals surface area contributed by atoms with Crippen molar-refractivity contribution in [2.24, 2.45) is 0 Å². The van der Waals surface area contributed by atoms with E-state index in [2.05, 4.69) is 235 Å². The molecule has 0 radical (unpaired) electrons. The first-order valence-electron chi connectivity index (χ1n) is 24.1. The molecule has 1 unspecified atom stereocenters. The molecule has 4 heteroatoms. The zero-order chi connectivity index (χ0) is 45.7. The number of hydrogen-bond acceptors (Lipinski definition) is 3. The third kappa shape index (κ3) is 4.70. The highest BCUT2D eigenvalue weighted by atomic mass is 16.5. The molecule has 3 aromatic heterocycles. The molecular formula is C66H39N3O. The van der Waals surface area contributed by atoms with Crippen LogP contribution in [0.1, 0.15) is 44.5 Å². The largest absolute Gasteiger partial charge is 0.457 e. The lowest BCUT2D eigenvalue weighted by Crippen LogP contribution is -2.33. The Bertz CT molecular complexity index is 4140. The number of aromatic nitrogens is 3. The van der Waals surface area contributed by atoms with E-state index in [0.29, 0.717) is 0 Å². The van der Waals surface area contributed by atoms with Gasteiger partial charge in [-0.25, -0.2) is 0 Å². The van der Waals surface area contributed by atoms with Gasteiger partial charge in [-0.3, -0.25) is 9.97 Å². The van der Waals surface area contributed by atoms with Crippen molar-refractivity contribution < 1.29 is 4.74 Å². The highest BCUT2D eigenvalue weighted by molar-refractivity contribution is 6.09. The fourth-order valence-electron chi connectivity index (χ4n) is 13.2. The molecule has 4 nitrogen and oxygen atoms in total. The van der Waals surface area contributed by atoms with E-state index in [-0.39, 0.29) is 0 Å². The molecule has 1 atom stereocenters. The van der Waals surface area contributed by atoms with Gasteiger partial charge >= 0.3 is 0 Å². The van der Waals surface area contributed by atoms with Gasteiger partial charge in [0.2, 0.25) is 0 Å². The van der Waals surface area contributed by atoms with Crippen LogP contribution in [-0.4, -0.2) is 14.5 Å². The summed E-state index contributed by atoms with van der Waals surface area (Å²) in [5.74, 6) is 1.68. The van der Waals surface area contributed by atoms with Gasteiger partial charge in [0.15, 0.2) is 0 Å². The van der Waals surface area contributed by atoms with Gasteiger partial charge in [0, 0.05) is 51.1 Å². The third-order valence-corrected chi connectivity index (χ3v) is 15.9. The topological polar surface area (TPSA) is 39.9 Å². The Balaban J connectivity index is 0.978. The van der Waals surface area contributed by atoms with Crippen LogP contribution >= 0.6 is 0 Å². The van der Waals surface area contributed by atoms with Crippen LogP contribution in [0, 0.1) is 0 Å². The van der Waals surface area contributed by atoms with E-state index < -0.39 is 10.8 Å². The minimum absolute atomic E-state index is 0.513. The molecule has 4 heterocycles. The standard InChI is InChI=1S/C66H39N3O/c1-2-17-40(18-3-1)41-33-42(35-44(34-41)69-59-29-13-7-22-48(59)49-23-8-14-30-60(49)69)43-36-58-64(68-39-43)63-55(28-16-32-67-63)66(58)54-27-12-15-31-61(54)70-62-38-56-50(37-57(62)66)47-21-6-11-26-53(47)65(56)51-24-9-4-19-45(51)46-20-5-10-25-52(46)65/h1-39H. The molecule has 16 rings (SSSR count). The molecule has 0 N–H and O–H groups in total. The maximum atomic E-state index is 7.26.